The smallest absolute Gasteiger partial charge is 0.335 e. The minimum atomic E-state index is -0.921. The normalized spacial score (nSPS) is 10.5. The molecule has 1 rings (SSSR count). The minimum absolute atomic E-state index is 0.273. The van der Waals surface area contributed by atoms with E-state index in [1.54, 1.807) is 24.3 Å². The summed E-state index contributed by atoms with van der Waals surface area (Å²) in [6.45, 7) is 6.65. The highest BCUT2D eigenvalue weighted by molar-refractivity contribution is 5.87. The Morgan fingerprint density at radius 3 is 2.53 bits per heavy atom. The van der Waals surface area contributed by atoms with E-state index in [0.29, 0.717) is 18.3 Å². The van der Waals surface area contributed by atoms with E-state index in [1.807, 2.05) is 0 Å². The topological polar surface area (TPSA) is 58.6 Å². The van der Waals surface area contributed by atoms with Crippen LogP contribution in [0.1, 0.15) is 24.2 Å². The van der Waals surface area contributed by atoms with Gasteiger partial charge in [-0.25, -0.2) is 4.79 Å². The lowest BCUT2D eigenvalue weighted by Gasteiger charge is -2.09. The molecule has 4 heteroatoms. The van der Waals surface area contributed by atoms with Gasteiger partial charge in [-0.3, -0.25) is 0 Å². The van der Waals surface area contributed by atoms with Crippen molar-refractivity contribution < 1.29 is 14.6 Å². The molecule has 0 bridgehead atoms. The zero-order chi connectivity index (χ0) is 12.7. The second-order valence-electron chi connectivity index (χ2n) is 4.28. The van der Waals surface area contributed by atoms with Gasteiger partial charge in [-0.15, -0.1) is 0 Å². The summed E-state index contributed by atoms with van der Waals surface area (Å²) in [5, 5.41) is 12.0. The molecule has 17 heavy (non-hydrogen) atoms. The monoisotopic (exact) mass is 237 g/mol. The number of carboxylic acid groups (broad SMARTS) is 1. The van der Waals surface area contributed by atoms with Gasteiger partial charge in [0.15, 0.2) is 0 Å². The molecule has 0 radical (unpaired) electrons. The summed E-state index contributed by atoms with van der Waals surface area (Å²) < 4.78 is 5.47. The third kappa shape index (κ3) is 5.36. The van der Waals surface area contributed by atoms with Crippen molar-refractivity contribution in [2.45, 2.75) is 13.8 Å². The maximum atomic E-state index is 10.6. The van der Waals surface area contributed by atoms with Crippen molar-refractivity contribution in [1.29, 1.82) is 0 Å². The van der Waals surface area contributed by atoms with Crippen LogP contribution in [-0.2, 0) is 0 Å². The number of hydrogen-bond donors (Lipinski definition) is 2. The fourth-order valence-electron chi connectivity index (χ4n) is 1.33. The first-order valence-corrected chi connectivity index (χ1v) is 5.76. The number of nitrogens with one attached hydrogen (secondary N) is 1. The van der Waals surface area contributed by atoms with Crippen molar-refractivity contribution >= 4 is 5.97 Å². The van der Waals surface area contributed by atoms with Gasteiger partial charge in [0.1, 0.15) is 12.4 Å². The highest BCUT2D eigenvalue weighted by Gasteiger charge is 2.01. The van der Waals surface area contributed by atoms with Crippen LogP contribution in [0.15, 0.2) is 24.3 Å². The van der Waals surface area contributed by atoms with Gasteiger partial charge in [0.2, 0.25) is 0 Å². The highest BCUT2D eigenvalue weighted by Crippen LogP contribution is 2.11. The summed E-state index contributed by atoms with van der Waals surface area (Å²) in [6, 6.07) is 6.43. The average Bonchev–Trinajstić information content (AvgIpc) is 2.29. The molecular formula is C13H19NO3. The van der Waals surface area contributed by atoms with Gasteiger partial charge in [-0.05, 0) is 36.7 Å². The van der Waals surface area contributed by atoms with Crippen molar-refractivity contribution in [1.82, 2.24) is 5.32 Å². The molecule has 1 aromatic rings. The minimum Gasteiger partial charge on any atom is -0.492 e. The number of aromatic carboxylic acids is 1. The summed E-state index contributed by atoms with van der Waals surface area (Å²) >= 11 is 0. The van der Waals surface area contributed by atoms with Gasteiger partial charge in [-0.2, -0.15) is 0 Å². The van der Waals surface area contributed by atoms with Crippen molar-refractivity contribution in [3.63, 3.8) is 0 Å². The van der Waals surface area contributed by atoms with Crippen LogP contribution in [-0.4, -0.2) is 30.8 Å². The second kappa shape index (κ2) is 6.91. The quantitative estimate of drug-likeness (QED) is 0.712. The van der Waals surface area contributed by atoms with E-state index >= 15 is 0 Å². The summed E-state index contributed by atoms with van der Waals surface area (Å²) in [5.74, 6) is 0.404. The zero-order valence-electron chi connectivity index (χ0n) is 10.3. The van der Waals surface area contributed by atoms with Crippen LogP contribution in [0.2, 0.25) is 0 Å². The van der Waals surface area contributed by atoms with E-state index in [4.69, 9.17) is 9.84 Å². The SMILES string of the molecule is CC(C)CNCCOc1ccc(C(=O)O)cc1. The molecule has 0 saturated heterocycles. The first-order valence-electron chi connectivity index (χ1n) is 5.76. The van der Waals surface area contributed by atoms with E-state index in [0.717, 1.165) is 13.1 Å². The van der Waals surface area contributed by atoms with Crippen LogP contribution in [0.3, 0.4) is 0 Å². The van der Waals surface area contributed by atoms with Gasteiger partial charge in [-0.1, -0.05) is 13.8 Å². The van der Waals surface area contributed by atoms with Gasteiger partial charge in [0.05, 0.1) is 5.56 Å². The molecule has 4 nitrogen and oxygen atoms in total. The van der Waals surface area contributed by atoms with E-state index in [2.05, 4.69) is 19.2 Å². The molecule has 94 valence electrons. The Bertz CT molecular complexity index is 346. The second-order valence-corrected chi connectivity index (χ2v) is 4.28. The average molecular weight is 237 g/mol. The van der Waals surface area contributed by atoms with Crippen molar-refractivity contribution in [2.24, 2.45) is 5.92 Å². The largest absolute Gasteiger partial charge is 0.492 e. The van der Waals surface area contributed by atoms with Crippen LogP contribution in [0.25, 0.3) is 0 Å². The van der Waals surface area contributed by atoms with E-state index < -0.39 is 5.97 Å². The number of carbonyl (C=O) groups is 1. The maximum absolute atomic E-state index is 10.6. The lowest BCUT2D eigenvalue weighted by molar-refractivity contribution is 0.0697. The lowest BCUT2D eigenvalue weighted by atomic mass is 10.2. The van der Waals surface area contributed by atoms with Crippen molar-refractivity contribution in [3.8, 4) is 5.75 Å². The zero-order valence-corrected chi connectivity index (χ0v) is 10.3. The Kier molecular flexibility index (Phi) is 5.49. The Balaban J connectivity index is 2.25. The Hall–Kier alpha value is -1.55. The van der Waals surface area contributed by atoms with E-state index in [9.17, 15) is 4.79 Å². The molecule has 1 aromatic carbocycles. The number of carboxylic acids is 1. The molecule has 0 aliphatic carbocycles. The lowest BCUT2D eigenvalue weighted by Crippen LogP contribution is -2.24. The molecule has 0 saturated carbocycles. The fraction of sp³-hybridized carbons (Fsp3) is 0.462. The van der Waals surface area contributed by atoms with Crippen LogP contribution in [0.4, 0.5) is 0 Å². The summed E-state index contributed by atoms with van der Waals surface area (Å²) in [6.07, 6.45) is 0. The van der Waals surface area contributed by atoms with Gasteiger partial charge >= 0.3 is 5.97 Å². The summed E-state index contributed by atoms with van der Waals surface area (Å²) in [5.41, 5.74) is 0.273. The molecule has 0 atom stereocenters. The van der Waals surface area contributed by atoms with Gasteiger partial charge in [0, 0.05) is 6.54 Å². The molecule has 0 spiro atoms. The molecule has 0 fully saturated rings. The molecular weight excluding hydrogens is 218 g/mol. The van der Waals surface area contributed by atoms with Crippen molar-refractivity contribution in [3.05, 3.63) is 29.8 Å². The number of ether oxygens (including phenoxy) is 1. The Morgan fingerprint density at radius 2 is 2.00 bits per heavy atom. The fourth-order valence-corrected chi connectivity index (χ4v) is 1.33. The number of benzene rings is 1. The summed E-state index contributed by atoms with van der Waals surface area (Å²) in [4.78, 5) is 10.6. The van der Waals surface area contributed by atoms with Crippen LogP contribution < -0.4 is 10.1 Å². The van der Waals surface area contributed by atoms with Crippen LogP contribution in [0, 0.1) is 5.92 Å². The molecule has 0 heterocycles. The predicted octanol–water partition coefficient (Wildman–Crippen LogP) is 2.01. The highest BCUT2D eigenvalue weighted by atomic mass is 16.5. The van der Waals surface area contributed by atoms with E-state index in [1.165, 1.54) is 0 Å². The number of rotatable bonds is 7. The Labute approximate surface area is 102 Å². The molecule has 0 aromatic heterocycles. The van der Waals surface area contributed by atoms with Crippen molar-refractivity contribution in [2.75, 3.05) is 19.7 Å². The molecule has 2 N–H and O–H groups in total. The summed E-state index contributed by atoms with van der Waals surface area (Å²) in [7, 11) is 0. The first-order chi connectivity index (χ1) is 8.09. The predicted molar refractivity (Wildman–Crippen MR) is 66.6 cm³/mol. The van der Waals surface area contributed by atoms with Gasteiger partial charge in [0.25, 0.3) is 0 Å². The third-order valence-corrected chi connectivity index (χ3v) is 2.20. The number of hydrogen-bond acceptors (Lipinski definition) is 3. The van der Waals surface area contributed by atoms with Crippen LogP contribution in [0.5, 0.6) is 5.75 Å². The first kappa shape index (κ1) is 13.5. The van der Waals surface area contributed by atoms with Gasteiger partial charge < -0.3 is 15.2 Å². The molecule has 0 amide bonds. The third-order valence-electron chi connectivity index (χ3n) is 2.20. The standard InChI is InChI=1S/C13H19NO3/c1-10(2)9-14-7-8-17-12-5-3-11(4-6-12)13(15)16/h3-6,10,14H,7-9H2,1-2H3,(H,15,16). The van der Waals surface area contributed by atoms with Crippen LogP contribution >= 0.6 is 0 Å². The molecule has 0 aliphatic rings. The molecule has 0 aliphatic heterocycles. The molecule has 0 unspecified atom stereocenters. The van der Waals surface area contributed by atoms with E-state index in [-0.39, 0.29) is 5.56 Å². The Morgan fingerprint density at radius 1 is 1.35 bits per heavy atom. The maximum Gasteiger partial charge on any atom is 0.335 e.